The summed E-state index contributed by atoms with van der Waals surface area (Å²) in [5, 5.41) is 5.74. The number of likely N-dealkylation sites (tertiary alicyclic amines) is 1. The van der Waals surface area contributed by atoms with Crippen molar-refractivity contribution in [1.29, 1.82) is 0 Å². The molecule has 1 saturated carbocycles. The Bertz CT molecular complexity index is 938. The smallest absolute Gasteiger partial charge is 0.138 e. The van der Waals surface area contributed by atoms with E-state index in [-0.39, 0.29) is 0 Å². The van der Waals surface area contributed by atoms with Crippen LogP contribution in [-0.4, -0.2) is 36.1 Å². The van der Waals surface area contributed by atoms with Crippen molar-refractivity contribution in [1.82, 2.24) is 9.88 Å². The maximum atomic E-state index is 5.97. The molecule has 2 atom stereocenters. The van der Waals surface area contributed by atoms with Gasteiger partial charge in [-0.05, 0) is 66.8 Å². The fourth-order valence-corrected chi connectivity index (χ4v) is 4.98. The predicted octanol–water partition coefficient (Wildman–Crippen LogP) is 5.48. The van der Waals surface area contributed by atoms with Gasteiger partial charge < -0.3 is 15.0 Å². The van der Waals surface area contributed by atoms with Gasteiger partial charge in [-0.15, -0.1) is 0 Å². The molecule has 2 fully saturated rings. The molecule has 3 aromatic rings. The van der Waals surface area contributed by atoms with Gasteiger partial charge in [-0.3, -0.25) is 0 Å². The van der Waals surface area contributed by atoms with Crippen molar-refractivity contribution in [3.63, 3.8) is 0 Å². The van der Waals surface area contributed by atoms with Crippen molar-refractivity contribution in [2.24, 2.45) is 11.8 Å². The van der Waals surface area contributed by atoms with Crippen molar-refractivity contribution in [2.75, 3.05) is 31.6 Å². The molecule has 4 heteroatoms. The monoisotopic (exact) mass is 387 g/mol. The normalized spacial score (nSPS) is 21.4. The van der Waals surface area contributed by atoms with Crippen LogP contribution in [0.15, 0.2) is 60.8 Å². The summed E-state index contributed by atoms with van der Waals surface area (Å²) in [5.41, 5.74) is 1.02. The maximum Gasteiger partial charge on any atom is 0.138 e. The zero-order chi connectivity index (χ0) is 19.5. The highest BCUT2D eigenvalue weighted by Crippen LogP contribution is 2.37. The number of aromatic nitrogens is 1. The molecule has 150 valence electrons. The molecule has 1 aliphatic carbocycles. The Labute approximate surface area is 172 Å². The van der Waals surface area contributed by atoms with Crippen LogP contribution in [0.5, 0.6) is 5.75 Å². The van der Waals surface area contributed by atoms with E-state index in [9.17, 15) is 0 Å². The van der Waals surface area contributed by atoms with E-state index in [1.807, 2.05) is 36.5 Å². The number of benzene rings is 2. The molecule has 1 aromatic heterocycles. The first-order valence-corrected chi connectivity index (χ1v) is 10.9. The summed E-state index contributed by atoms with van der Waals surface area (Å²) in [5.74, 6) is 3.77. The van der Waals surface area contributed by atoms with Crippen LogP contribution in [0.4, 0.5) is 11.5 Å². The van der Waals surface area contributed by atoms with Crippen molar-refractivity contribution in [3.05, 3.63) is 60.8 Å². The first kappa shape index (κ1) is 18.4. The zero-order valence-electron chi connectivity index (χ0n) is 16.9. The number of hydrogen-bond donors (Lipinski definition) is 1. The SMILES string of the molecule is c1ccc2c(Nc3ccc(OCCCN4CC5CCCC5C4)cc3)nccc2c1. The van der Waals surface area contributed by atoms with Crippen LogP contribution in [0.3, 0.4) is 0 Å². The second-order valence-electron chi connectivity index (χ2n) is 8.44. The molecule has 2 heterocycles. The highest BCUT2D eigenvalue weighted by molar-refractivity contribution is 5.93. The van der Waals surface area contributed by atoms with Gasteiger partial charge in [0, 0.05) is 36.9 Å². The number of hydrogen-bond acceptors (Lipinski definition) is 4. The topological polar surface area (TPSA) is 37.4 Å². The fourth-order valence-electron chi connectivity index (χ4n) is 4.98. The minimum absolute atomic E-state index is 0.781. The van der Waals surface area contributed by atoms with Gasteiger partial charge in [0.25, 0.3) is 0 Å². The average Bonchev–Trinajstić information content (AvgIpc) is 3.35. The predicted molar refractivity (Wildman–Crippen MR) is 119 cm³/mol. The number of nitrogens with zero attached hydrogens (tertiary/aromatic N) is 2. The highest BCUT2D eigenvalue weighted by Gasteiger charge is 2.35. The molecular weight excluding hydrogens is 358 g/mol. The zero-order valence-corrected chi connectivity index (χ0v) is 16.9. The molecule has 1 N–H and O–H groups in total. The lowest BCUT2D eigenvalue weighted by atomic mass is 10.0. The number of nitrogens with one attached hydrogen (secondary N) is 1. The third kappa shape index (κ3) is 4.23. The minimum atomic E-state index is 0.781. The van der Waals surface area contributed by atoms with Gasteiger partial charge in [-0.2, -0.15) is 0 Å². The summed E-state index contributed by atoms with van der Waals surface area (Å²) < 4.78 is 5.97. The van der Waals surface area contributed by atoms with Gasteiger partial charge in [-0.25, -0.2) is 4.98 Å². The van der Waals surface area contributed by atoms with Crippen molar-refractivity contribution < 1.29 is 4.74 Å². The van der Waals surface area contributed by atoms with E-state index >= 15 is 0 Å². The van der Waals surface area contributed by atoms with E-state index in [0.29, 0.717) is 0 Å². The molecule has 0 radical (unpaired) electrons. The summed E-state index contributed by atoms with van der Waals surface area (Å²) in [6.07, 6.45) is 7.29. The molecule has 4 nitrogen and oxygen atoms in total. The first-order chi connectivity index (χ1) is 14.3. The largest absolute Gasteiger partial charge is 0.494 e. The second-order valence-corrected chi connectivity index (χ2v) is 8.44. The number of rotatable bonds is 7. The Morgan fingerprint density at radius 3 is 2.59 bits per heavy atom. The molecule has 0 bridgehead atoms. The van der Waals surface area contributed by atoms with Crippen LogP contribution in [0.1, 0.15) is 25.7 Å². The van der Waals surface area contributed by atoms with E-state index in [2.05, 4.69) is 39.5 Å². The Morgan fingerprint density at radius 1 is 0.966 bits per heavy atom. The molecule has 2 unspecified atom stereocenters. The van der Waals surface area contributed by atoms with Crippen molar-refractivity contribution >= 4 is 22.3 Å². The summed E-state index contributed by atoms with van der Waals surface area (Å²) in [4.78, 5) is 7.14. The first-order valence-electron chi connectivity index (χ1n) is 10.9. The van der Waals surface area contributed by atoms with Gasteiger partial charge in [-0.1, -0.05) is 30.7 Å². The number of anilines is 2. The molecular formula is C25H29N3O. The Kier molecular flexibility index (Phi) is 5.35. The standard InChI is InChI=1S/C25H29N3O/c1-2-8-24-19(5-1)13-14-26-25(24)27-22-9-11-23(12-10-22)29-16-4-15-28-17-20-6-3-7-21(20)18-28/h1-2,5,8-14,20-21H,3-4,6-7,15-18H2,(H,26,27). The Balaban J connectivity index is 1.11. The summed E-state index contributed by atoms with van der Waals surface area (Å²) in [6, 6.07) is 18.5. The van der Waals surface area contributed by atoms with Gasteiger partial charge in [0.05, 0.1) is 6.61 Å². The Morgan fingerprint density at radius 2 is 1.76 bits per heavy atom. The Hall–Kier alpha value is -2.59. The number of ether oxygens (including phenoxy) is 1. The quantitative estimate of drug-likeness (QED) is 0.545. The molecule has 0 spiro atoms. The van der Waals surface area contributed by atoms with Gasteiger partial charge >= 0.3 is 0 Å². The minimum Gasteiger partial charge on any atom is -0.494 e. The van der Waals surface area contributed by atoms with E-state index in [1.165, 1.54) is 44.3 Å². The third-order valence-electron chi connectivity index (χ3n) is 6.48. The van der Waals surface area contributed by atoms with Crippen LogP contribution in [0, 0.1) is 11.8 Å². The van der Waals surface area contributed by atoms with E-state index in [0.717, 1.165) is 47.5 Å². The molecule has 2 aromatic carbocycles. The van der Waals surface area contributed by atoms with Crippen LogP contribution < -0.4 is 10.1 Å². The lowest BCUT2D eigenvalue weighted by Crippen LogP contribution is -2.24. The van der Waals surface area contributed by atoms with Crippen LogP contribution in [0.25, 0.3) is 10.8 Å². The lowest BCUT2D eigenvalue weighted by Gasteiger charge is -2.16. The highest BCUT2D eigenvalue weighted by atomic mass is 16.5. The number of fused-ring (bicyclic) bond motifs is 2. The summed E-state index contributed by atoms with van der Waals surface area (Å²) in [7, 11) is 0. The van der Waals surface area contributed by atoms with Crippen LogP contribution in [-0.2, 0) is 0 Å². The number of pyridine rings is 1. The van der Waals surface area contributed by atoms with E-state index < -0.39 is 0 Å². The molecule has 1 aliphatic heterocycles. The van der Waals surface area contributed by atoms with Crippen LogP contribution >= 0.6 is 0 Å². The third-order valence-corrected chi connectivity index (χ3v) is 6.48. The van der Waals surface area contributed by atoms with E-state index in [4.69, 9.17) is 4.74 Å². The van der Waals surface area contributed by atoms with E-state index in [1.54, 1.807) is 0 Å². The van der Waals surface area contributed by atoms with Gasteiger partial charge in [0.1, 0.15) is 11.6 Å². The maximum absolute atomic E-state index is 5.97. The molecule has 2 aliphatic rings. The molecule has 0 amide bonds. The average molecular weight is 388 g/mol. The fraction of sp³-hybridized carbons (Fsp3) is 0.400. The van der Waals surface area contributed by atoms with Crippen molar-refractivity contribution in [2.45, 2.75) is 25.7 Å². The molecule has 5 rings (SSSR count). The van der Waals surface area contributed by atoms with Gasteiger partial charge in [0.2, 0.25) is 0 Å². The lowest BCUT2D eigenvalue weighted by molar-refractivity contribution is 0.253. The summed E-state index contributed by atoms with van der Waals surface area (Å²) >= 11 is 0. The van der Waals surface area contributed by atoms with Gasteiger partial charge in [0.15, 0.2) is 0 Å². The molecule has 1 saturated heterocycles. The van der Waals surface area contributed by atoms with Crippen LogP contribution in [0.2, 0.25) is 0 Å². The second kappa shape index (κ2) is 8.42. The molecule has 29 heavy (non-hydrogen) atoms. The summed E-state index contributed by atoms with van der Waals surface area (Å²) in [6.45, 7) is 4.57. The van der Waals surface area contributed by atoms with Crippen molar-refractivity contribution in [3.8, 4) is 5.75 Å².